The van der Waals surface area contributed by atoms with E-state index in [1.165, 1.54) is 6.07 Å². The van der Waals surface area contributed by atoms with Gasteiger partial charge in [0.05, 0.1) is 30.5 Å². The normalized spacial score (nSPS) is 10.9. The second kappa shape index (κ2) is 7.56. The van der Waals surface area contributed by atoms with E-state index in [0.717, 1.165) is 16.9 Å². The molecular formula is C20H18ClFN6O. The van der Waals surface area contributed by atoms with Gasteiger partial charge in [0.2, 0.25) is 5.95 Å². The third kappa shape index (κ3) is 3.79. The molecule has 29 heavy (non-hydrogen) atoms. The van der Waals surface area contributed by atoms with E-state index in [1.807, 2.05) is 35.9 Å². The number of rotatable bonds is 5. The summed E-state index contributed by atoms with van der Waals surface area (Å²) >= 11 is 5.80. The SMILES string of the molecule is COc1cc(-c2nc(Nc3ccc(Cl)cc3F)n(C)n2)ccc1-n1cnc(C)c1. The number of hydrogen-bond donors (Lipinski definition) is 1. The molecule has 0 aliphatic heterocycles. The molecule has 9 heteroatoms. The summed E-state index contributed by atoms with van der Waals surface area (Å²) in [5, 5.41) is 7.69. The molecule has 2 aromatic carbocycles. The average molecular weight is 413 g/mol. The first kappa shape index (κ1) is 18.9. The first-order chi connectivity index (χ1) is 13.9. The van der Waals surface area contributed by atoms with Crippen LogP contribution in [0.25, 0.3) is 17.1 Å². The lowest BCUT2D eigenvalue weighted by molar-refractivity contribution is 0.413. The number of aromatic nitrogens is 5. The molecule has 2 aromatic heterocycles. The molecule has 0 radical (unpaired) electrons. The van der Waals surface area contributed by atoms with E-state index in [9.17, 15) is 4.39 Å². The third-order valence-electron chi connectivity index (χ3n) is 4.37. The van der Waals surface area contributed by atoms with E-state index < -0.39 is 5.82 Å². The van der Waals surface area contributed by atoms with E-state index in [-0.39, 0.29) is 5.69 Å². The molecule has 2 heterocycles. The van der Waals surface area contributed by atoms with Crippen molar-refractivity contribution in [2.24, 2.45) is 7.05 Å². The van der Waals surface area contributed by atoms with E-state index in [0.29, 0.717) is 22.5 Å². The van der Waals surface area contributed by atoms with Crippen LogP contribution in [0.1, 0.15) is 5.69 Å². The highest BCUT2D eigenvalue weighted by Gasteiger charge is 2.14. The zero-order chi connectivity index (χ0) is 20.5. The van der Waals surface area contributed by atoms with Crippen LogP contribution in [-0.2, 0) is 7.05 Å². The van der Waals surface area contributed by atoms with E-state index >= 15 is 0 Å². The number of methoxy groups -OCH3 is 1. The van der Waals surface area contributed by atoms with Crippen molar-refractivity contribution >= 4 is 23.2 Å². The number of aryl methyl sites for hydroxylation is 2. The number of nitrogens with one attached hydrogen (secondary N) is 1. The first-order valence-electron chi connectivity index (χ1n) is 8.77. The second-order valence-electron chi connectivity index (χ2n) is 6.44. The van der Waals surface area contributed by atoms with Crippen molar-refractivity contribution in [2.75, 3.05) is 12.4 Å². The standard InChI is InChI=1S/C20H18ClFN6O/c1-12-10-28(11-23-12)17-7-4-13(8-18(17)29-3)19-25-20(27(2)26-19)24-16-6-5-14(21)9-15(16)22/h4-11H,1-3H3,(H,24,25,26). The fourth-order valence-corrected chi connectivity index (χ4v) is 3.07. The summed E-state index contributed by atoms with van der Waals surface area (Å²) in [7, 11) is 3.33. The number of halogens is 2. The minimum absolute atomic E-state index is 0.264. The highest BCUT2D eigenvalue weighted by atomic mass is 35.5. The summed E-state index contributed by atoms with van der Waals surface area (Å²) in [6.45, 7) is 1.92. The Morgan fingerprint density at radius 3 is 2.69 bits per heavy atom. The molecule has 4 aromatic rings. The number of ether oxygens (including phenoxy) is 1. The van der Waals surface area contributed by atoms with Gasteiger partial charge < -0.3 is 14.6 Å². The summed E-state index contributed by atoms with van der Waals surface area (Å²) in [6.07, 6.45) is 3.65. The predicted octanol–water partition coefficient (Wildman–Crippen LogP) is 4.52. The van der Waals surface area contributed by atoms with Crippen molar-refractivity contribution < 1.29 is 9.13 Å². The van der Waals surface area contributed by atoms with Gasteiger partial charge >= 0.3 is 0 Å². The Hall–Kier alpha value is -3.39. The number of hydrogen-bond acceptors (Lipinski definition) is 5. The maximum Gasteiger partial charge on any atom is 0.226 e. The van der Waals surface area contributed by atoms with Crippen molar-refractivity contribution in [1.29, 1.82) is 0 Å². The van der Waals surface area contributed by atoms with Crippen molar-refractivity contribution in [1.82, 2.24) is 24.3 Å². The average Bonchev–Trinajstić information content (AvgIpc) is 3.29. The molecule has 0 spiro atoms. The van der Waals surface area contributed by atoms with Crippen molar-refractivity contribution in [3.63, 3.8) is 0 Å². The van der Waals surface area contributed by atoms with Crippen LogP contribution >= 0.6 is 11.6 Å². The molecular weight excluding hydrogens is 395 g/mol. The Morgan fingerprint density at radius 2 is 2.00 bits per heavy atom. The highest BCUT2D eigenvalue weighted by molar-refractivity contribution is 6.30. The minimum atomic E-state index is -0.469. The molecule has 0 aliphatic carbocycles. The number of benzene rings is 2. The van der Waals surface area contributed by atoms with Gasteiger partial charge in [-0.3, -0.25) is 0 Å². The minimum Gasteiger partial charge on any atom is -0.495 e. The van der Waals surface area contributed by atoms with E-state index in [4.69, 9.17) is 16.3 Å². The van der Waals surface area contributed by atoms with Crippen LogP contribution in [0, 0.1) is 12.7 Å². The van der Waals surface area contributed by atoms with E-state index in [1.54, 1.807) is 37.3 Å². The zero-order valence-electron chi connectivity index (χ0n) is 16.0. The summed E-state index contributed by atoms with van der Waals surface area (Å²) < 4.78 is 23.1. The molecule has 0 amide bonds. The smallest absolute Gasteiger partial charge is 0.226 e. The third-order valence-corrected chi connectivity index (χ3v) is 4.60. The van der Waals surface area contributed by atoms with Gasteiger partial charge in [0.15, 0.2) is 5.82 Å². The monoisotopic (exact) mass is 412 g/mol. The molecule has 1 N–H and O–H groups in total. The van der Waals surface area contributed by atoms with Gasteiger partial charge in [0.25, 0.3) is 0 Å². The second-order valence-corrected chi connectivity index (χ2v) is 6.88. The lowest BCUT2D eigenvalue weighted by Gasteiger charge is -2.10. The van der Waals surface area contributed by atoms with Gasteiger partial charge in [-0.25, -0.2) is 14.1 Å². The van der Waals surface area contributed by atoms with Crippen LogP contribution in [0.2, 0.25) is 5.02 Å². The molecule has 0 bridgehead atoms. The van der Waals surface area contributed by atoms with E-state index in [2.05, 4.69) is 20.4 Å². The van der Waals surface area contributed by atoms with Crippen LogP contribution in [0.4, 0.5) is 16.0 Å². The Morgan fingerprint density at radius 1 is 1.17 bits per heavy atom. The Labute approximate surface area is 171 Å². The lowest BCUT2D eigenvalue weighted by atomic mass is 10.1. The van der Waals surface area contributed by atoms with Crippen LogP contribution in [0.5, 0.6) is 5.75 Å². The molecule has 148 valence electrons. The van der Waals surface area contributed by atoms with Crippen molar-refractivity contribution in [2.45, 2.75) is 6.92 Å². The molecule has 0 saturated carbocycles. The Kier molecular flexibility index (Phi) is 4.94. The fraction of sp³-hybridized carbons (Fsp3) is 0.150. The molecule has 0 atom stereocenters. The van der Waals surface area contributed by atoms with Gasteiger partial charge in [-0.1, -0.05) is 11.6 Å². The van der Waals surface area contributed by atoms with Crippen molar-refractivity contribution in [3.05, 3.63) is 65.5 Å². The topological polar surface area (TPSA) is 69.8 Å². The molecule has 0 unspecified atom stereocenters. The highest BCUT2D eigenvalue weighted by Crippen LogP contribution is 2.30. The van der Waals surface area contributed by atoms with Gasteiger partial charge in [0, 0.05) is 23.8 Å². The molecule has 7 nitrogen and oxygen atoms in total. The largest absolute Gasteiger partial charge is 0.495 e. The zero-order valence-corrected chi connectivity index (χ0v) is 16.8. The maximum atomic E-state index is 14.1. The Bertz CT molecular complexity index is 1190. The predicted molar refractivity (Wildman–Crippen MR) is 110 cm³/mol. The molecule has 0 aliphatic rings. The quantitative estimate of drug-likeness (QED) is 0.522. The maximum absolute atomic E-state index is 14.1. The van der Waals surface area contributed by atoms with Crippen LogP contribution in [0.15, 0.2) is 48.9 Å². The van der Waals surface area contributed by atoms with Crippen molar-refractivity contribution in [3.8, 4) is 22.8 Å². The van der Waals surface area contributed by atoms with Crippen LogP contribution < -0.4 is 10.1 Å². The molecule has 4 rings (SSSR count). The lowest BCUT2D eigenvalue weighted by Crippen LogP contribution is -2.01. The Balaban J connectivity index is 1.66. The summed E-state index contributed by atoms with van der Waals surface area (Å²) in [5.41, 5.74) is 2.80. The summed E-state index contributed by atoms with van der Waals surface area (Å²) in [6, 6.07) is 10.1. The molecule has 0 fully saturated rings. The van der Waals surface area contributed by atoms with Gasteiger partial charge in [-0.15, -0.1) is 5.10 Å². The van der Waals surface area contributed by atoms with Gasteiger partial charge in [-0.2, -0.15) is 4.98 Å². The fourth-order valence-electron chi connectivity index (χ4n) is 2.91. The number of anilines is 2. The summed E-state index contributed by atoms with van der Waals surface area (Å²) in [4.78, 5) is 8.74. The van der Waals surface area contributed by atoms with Crippen LogP contribution in [-0.4, -0.2) is 31.4 Å². The number of imidazole rings is 1. The van der Waals surface area contributed by atoms with Crippen LogP contribution in [0.3, 0.4) is 0 Å². The number of nitrogens with zero attached hydrogens (tertiary/aromatic N) is 5. The summed E-state index contributed by atoms with van der Waals surface area (Å²) in [5.74, 6) is 1.07. The molecule has 0 saturated heterocycles. The first-order valence-corrected chi connectivity index (χ1v) is 9.15. The van der Waals surface area contributed by atoms with Gasteiger partial charge in [-0.05, 0) is 43.3 Å². The van der Waals surface area contributed by atoms with Gasteiger partial charge in [0.1, 0.15) is 11.6 Å².